The van der Waals surface area contributed by atoms with E-state index in [-0.39, 0.29) is 16.0 Å². The molecule has 2 heterocycles. The number of piperazine rings is 1. The molecule has 1 unspecified atom stereocenters. The van der Waals surface area contributed by atoms with Gasteiger partial charge >= 0.3 is 0 Å². The number of halogens is 1. The van der Waals surface area contributed by atoms with Gasteiger partial charge in [-0.15, -0.1) is 0 Å². The molecule has 0 N–H and O–H groups in total. The molecule has 110 valence electrons. The minimum absolute atomic E-state index is 0.148. The van der Waals surface area contributed by atoms with Crippen molar-refractivity contribution in [2.24, 2.45) is 0 Å². The van der Waals surface area contributed by atoms with E-state index in [1.54, 1.807) is 24.3 Å². The number of nitrogens with zero attached hydrogens (tertiary/aromatic N) is 2. The third-order valence-electron chi connectivity index (χ3n) is 3.85. The molecule has 5 nitrogen and oxygen atoms in total. The summed E-state index contributed by atoms with van der Waals surface area (Å²) in [6.07, 6.45) is 0. The normalized spacial score (nSPS) is 25.4. The van der Waals surface area contributed by atoms with Crippen LogP contribution in [0.5, 0.6) is 0 Å². The van der Waals surface area contributed by atoms with E-state index in [4.69, 9.17) is 16.3 Å². The number of rotatable bonds is 2. The molecule has 0 aromatic heterocycles. The number of sulfonamides is 1. The van der Waals surface area contributed by atoms with Crippen LogP contribution in [0.25, 0.3) is 0 Å². The Morgan fingerprint density at radius 3 is 2.80 bits per heavy atom. The van der Waals surface area contributed by atoms with E-state index in [0.29, 0.717) is 19.7 Å². The molecule has 0 bridgehead atoms. The highest BCUT2D eigenvalue weighted by Crippen LogP contribution is 2.26. The third-order valence-corrected chi connectivity index (χ3v) is 6.22. The van der Waals surface area contributed by atoms with Crippen LogP contribution in [-0.4, -0.2) is 63.1 Å². The van der Waals surface area contributed by atoms with Gasteiger partial charge in [-0.1, -0.05) is 23.7 Å². The summed E-state index contributed by atoms with van der Waals surface area (Å²) in [4.78, 5) is 2.48. The average Bonchev–Trinajstić information content (AvgIpc) is 2.47. The fourth-order valence-corrected chi connectivity index (χ4v) is 4.69. The van der Waals surface area contributed by atoms with Crippen molar-refractivity contribution in [3.05, 3.63) is 29.3 Å². The summed E-state index contributed by atoms with van der Waals surface area (Å²) in [6.45, 7) is 3.92. The lowest BCUT2D eigenvalue weighted by Gasteiger charge is -2.43. The minimum atomic E-state index is -3.52. The van der Waals surface area contributed by atoms with Crippen LogP contribution in [-0.2, 0) is 14.8 Å². The maximum Gasteiger partial charge on any atom is 0.244 e. The summed E-state index contributed by atoms with van der Waals surface area (Å²) in [5, 5.41) is 0.273. The van der Waals surface area contributed by atoms with Crippen LogP contribution in [0.2, 0.25) is 5.02 Å². The lowest BCUT2D eigenvalue weighted by molar-refractivity contribution is -0.0304. The Morgan fingerprint density at radius 1 is 1.20 bits per heavy atom. The molecular formula is C13H17ClN2O3S. The molecule has 3 rings (SSSR count). The Bertz CT molecular complexity index is 593. The summed E-state index contributed by atoms with van der Waals surface area (Å²) in [5.41, 5.74) is 0. The first-order valence-corrected chi connectivity index (χ1v) is 8.47. The molecule has 2 saturated heterocycles. The SMILES string of the molecule is O=S(=O)(c1ccccc1Cl)N1CCN2CCOCC2C1. The molecule has 0 aliphatic carbocycles. The zero-order valence-corrected chi connectivity index (χ0v) is 12.6. The van der Waals surface area contributed by atoms with Gasteiger partial charge in [-0.2, -0.15) is 4.31 Å². The van der Waals surface area contributed by atoms with Crippen LogP contribution in [0, 0.1) is 0 Å². The second-order valence-corrected chi connectivity index (χ2v) is 7.37. The van der Waals surface area contributed by atoms with E-state index < -0.39 is 10.0 Å². The molecule has 0 radical (unpaired) electrons. The predicted molar refractivity (Wildman–Crippen MR) is 76.4 cm³/mol. The summed E-state index contributed by atoms with van der Waals surface area (Å²) < 4.78 is 32.3. The molecule has 1 atom stereocenters. The Balaban J connectivity index is 1.84. The highest BCUT2D eigenvalue weighted by atomic mass is 35.5. The number of hydrogen-bond acceptors (Lipinski definition) is 4. The average molecular weight is 317 g/mol. The number of hydrogen-bond donors (Lipinski definition) is 0. The molecule has 1 aromatic carbocycles. The molecule has 0 saturated carbocycles. The summed E-state index contributed by atoms with van der Waals surface area (Å²) in [7, 11) is -3.52. The van der Waals surface area contributed by atoms with Crippen LogP contribution in [0.15, 0.2) is 29.2 Å². The molecule has 7 heteroatoms. The maximum atomic E-state index is 12.7. The van der Waals surface area contributed by atoms with Gasteiger partial charge in [0.2, 0.25) is 10.0 Å². The van der Waals surface area contributed by atoms with Gasteiger partial charge in [0.25, 0.3) is 0 Å². The first-order chi connectivity index (χ1) is 9.59. The Labute approximate surface area is 124 Å². The largest absolute Gasteiger partial charge is 0.378 e. The highest BCUT2D eigenvalue weighted by Gasteiger charge is 2.36. The number of morpholine rings is 1. The third kappa shape index (κ3) is 2.58. The summed E-state index contributed by atoms with van der Waals surface area (Å²) in [6, 6.07) is 6.73. The minimum Gasteiger partial charge on any atom is -0.378 e. The van der Waals surface area contributed by atoms with E-state index >= 15 is 0 Å². The van der Waals surface area contributed by atoms with E-state index in [2.05, 4.69) is 4.90 Å². The van der Waals surface area contributed by atoms with Crippen molar-refractivity contribution in [1.82, 2.24) is 9.21 Å². The van der Waals surface area contributed by atoms with E-state index in [1.165, 1.54) is 4.31 Å². The quantitative estimate of drug-likeness (QED) is 0.818. The maximum absolute atomic E-state index is 12.7. The Morgan fingerprint density at radius 2 is 2.00 bits per heavy atom. The molecule has 0 spiro atoms. The fraction of sp³-hybridized carbons (Fsp3) is 0.538. The van der Waals surface area contributed by atoms with Crippen molar-refractivity contribution in [1.29, 1.82) is 0 Å². The van der Waals surface area contributed by atoms with Gasteiger partial charge < -0.3 is 4.74 Å². The topological polar surface area (TPSA) is 49.9 Å². The van der Waals surface area contributed by atoms with Gasteiger partial charge in [0.05, 0.1) is 18.2 Å². The second kappa shape index (κ2) is 5.61. The number of fused-ring (bicyclic) bond motifs is 1. The predicted octanol–water partition coefficient (Wildman–Crippen LogP) is 1.05. The fourth-order valence-electron chi connectivity index (χ4n) is 2.73. The zero-order valence-electron chi connectivity index (χ0n) is 11.0. The van der Waals surface area contributed by atoms with Gasteiger partial charge in [-0.05, 0) is 12.1 Å². The van der Waals surface area contributed by atoms with Crippen molar-refractivity contribution in [3.63, 3.8) is 0 Å². The molecule has 2 aliphatic heterocycles. The molecule has 1 aromatic rings. The van der Waals surface area contributed by atoms with Crippen LogP contribution in [0.1, 0.15) is 0 Å². The van der Waals surface area contributed by atoms with Gasteiger partial charge in [-0.25, -0.2) is 8.42 Å². The standard InChI is InChI=1S/C13H17ClN2O3S/c14-12-3-1-2-4-13(12)20(17,18)16-6-5-15-7-8-19-10-11(15)9-16/h1-4,11H,5-10H2. The van der Waals surface area contributed by atoms with E-state index in [1.807, 2.05) is 0 Å². The van der Waals surface area contributed by atoms with Crippen molar-refractivity contribution >= 4 is 21.6 Å². The van der Waals surface area contributed by atoms with Gasteiger partial charge in [-0.3, -0.25) is 4.90 Å². The van der Waals surface area contributed by atoms with E-state index in [0.717, 1.165) is 19.7 Å². The first-order valence-electron chi connectivity index (χ1n) is 6.65. The Hall–Kier alpha value is -0.660. The van der Waals surface area contributed by atoms with Gasteiger partial charge in [0.15, 0.2) is 0 Å². The zero-order chi connectivity index (χ0) is 14.2. The van der Waals surface area contributed by atoms with Crippen molar-refractivity contribution in [3.8, 4) is 0 Å². The van der Waals surface area contributed by atoms with Crippen molar-refractivity contribution in [2.45, 2.75) is 10.9 Å². The van der Waals surface area contributed by atoms with Crippen molar-refractivity contribution in [2.75, 3.05) is 39.4 Å². The molecule has 2 aliphatic rings. The smallest absolute Gasteiger partial charge is 0.244 e. The lowest BCUT2D eigenvalue weighted by atomic mass is 10.2. The van der Waals surface area contributed by atoms with Crippen LogP contribution in [0.4, 0.5) is 0 Å². The number of benzene rings is 1. The van der Waals surface area contributed by atoms with Gasteiger partial charge in [0.1, 0.15) is 4.90 Å². The number of ether oxygens (including phenoxy) is 1. The first kappa shape index (κ1) is 14.3. The van der Waals surface area contributed by atoms with Crippen molar-refractivity contribution < 1.29 is 13.2 Å². The van der Waals surface area contributed by atoms with Crippen LogP contribution < -0.4 is 0 Å². The lowest BCUT2D eigenvalue weighted by Crippen LogP contribution is -2.58. The monoisotopic (exact) mass is 316 g/mol. The summed E-state index contributed by atoms with van der Waals surface area (Å²) in [5.74, 6) is 0. The highest BCUT2D eigenvalue weighted by molar-refractivity contribution is 7.89. The van der Waals surface area contributed by atoms with Crippen LogP contribution >= 0.6 is 11.6 Å². The van der Waals surface area contributed by atoms with Gasteiger partial charge in [0, 0.05) is 32.2 Å². The molecule has 20 heavy (non-hydrogen) atoms. The Kier molecular flexibility index (Phi) is 4.01. The second-order valence-electron chi connectivity index (χ2n) is 5.06. The molecular weight excluding hydrogens is 300 g/mol. The van der Waals surface area contributed by atoms with Crippen LogP contribution in [0.3, 0.4) is 0 Å². The molecule has 2 fully saturated rings. The summed E-state index contributed by atoms with van der Waals surface area (Å²) >= 11 is 6.02. The molecule has 0 amide bonds. The van der Waals surface area contributed by atoms with E-state index in [9.17, 15) is 8.42 Å².